The van der Waals surface area contributed by atoms with Crippen LogP contribution in [0.3, 0.4) is 0 Å². The summed E-state index contributed by atoms with van der Waals surface area (Å²) in [5.41, 5.74) is 0.798. The van der Waals surface area contributed by atoms with E-state index < -0.39 is 5.97 Å². The minimum absolute atomic E-state index is 0.168. The molecule has 0 unspecified atom stereocenters. The Morgan fingerprint density at radius 1 is 1.33 bits per heavy atom. The van der Waals surface area contributed by atoms with Crippen molar-refractivity contribution in [3.8, 4) is 11.5 Å². The Labute approximate surface area is 124 Å². The highest BCUT2D eigenvalue weighted by Crippen LogP contribution is 2.41. The highest BCUT2D eigenvalue weighted by atomic mass is 16.5. The molecule has 0 saturated heterocycles. The van der Waals surface area contributed by atoms with E-state index in [2.05, 4.69) is 0 Å². The van der Waals surface area contributed by atoms with Gasteiger partial charge in [-0.15, -0.1) is 0 Å². The second-order valence-electron chi connectivity index (χ2n) is 5.59. The van der Waals surface area contributed by atoms with Gasteiger partial charge in [-0.05, 0) is 26.8 Å². The topological polar surface area (TPSA) is 61.8 Å². The summed E-state index contributed by atoms with van der Waals surface area (Å²) in [4.78, 5) is 22.9. The third-order valence-electron chi connectivity index (χ3n) is 3.09. The molecule has 1 aliphatic rings. The van der Waals surface area contributed by atoms with Crippen molar-refractivity contribution in [3.05, 3.63) is 23.8 Å². The molecule has 0 aromatic heterocycles. The molecule has 0 spiro atoms. The highest BCUT2D eigenvalue weighted by Gasteiger charge is 2.32. The van der Waals surface area contributed by atoms with E-state index in [0.717, 1.165) is 12.0 Å². The summed E-state index contributed by atoms with van der Waals surface area (Å²) in [5, 5.41) is 0. The minimum Gasteiger partial charge on any atom is -0.483 e. The molecule has 0 N–H and O–H groups in total. The molecular weight excluding hydrogens is 272 g/mol. The Morgan fingerprint density at radius 2 is 2.10 bits per heavy atom. The standard InChI is InChI=1S/C16H20O5/c1-4-19-14(18)8-12(17)10-20-13-7-5-6-11-9-16(2,3)21-15(11)13/h5-7H,4,8-10H2,1-3H3. The number of carbonyl (C=O) groups excluding carboxylic acids is 2. The van der Waals surface area contributed by atoms with E-state index in [4.69, 9.17) is 14.2 Å². The third kappa shape index (κ3) is 3.97. The van der Waals surface area contributed by atoms with Crippen LogP contribution in [0, 0.1) is 0 Å². The fraction of sp³-hybridized carbons (Fsp3) is 0.500. The zero-order valence-electron chi connectivity index (χ0n) is 12.6. The number of Topliss-reactive ketones (excluding diaryl/α,β-unsaturated/α-hetero) is 1. The molecule has 0 fully saturated rings. The molecule has 5 nitrogen and oxygen atoms in total. The first-order valence-electron chi connectivity index (χ1n) is 7.02. The van der Waals surface area contributed by atoms with Crippen LogP contribution in [0.15, 0.2) is 18.2 Å². The largest absolute Gasteiger partial charge is 0.483 e. The van der Waals surface area contributed by atoms with Gasteiger partial charge in [-0.1, -0.05) is 12.1 Å². The Bertz CT molecular complexity index is 548. The predicted octanol–water partition coefficient (Wildman–Crippen LogP) is 2.30. The van der Waals surface area contributed by atoms with Gasteiger partial charge in [-0.3, -0.25) is 9.59 Å². The van der Waals surface area contributed by atoms with Crippen molar-refractivity contribution in [2.75, 3.05) is 13.2 Å². The maximum Gasteiger partial charge on any atom is 0.313 e. The molecule has 1 aliphatic heterocycles. The van der Waals surface area contributed by atoms with Crippen molar-refractivity contribution in [2.45, 2.75) is 39.2 Å². The SMILES string of the molecule is CCOC(=O)CC(=O)COc1cccc2c1OC(C)(C)C2. The monoisotopic (exact) mass is 292 g/mol. The molecule has 2 rings (SSSR count). The lowest BCUT2D eigenvalue weighted by Gasteiger charge is -2.18. The van der Waals surface area contributed by atoms with Crippen molar-refractivity contribution in [3.63, 3.8) is 0 Å². The van der Waals surface area contributed by atoms with E-state index in [9.17, 15) is 9.59 Å². The van der Waals surface area contributed by atoms with Crippen LogP contribution in [0.1, 0.15) is 32.8 Å². The van der Waals surface area contributed by atoms with Crippen LogP contribution >= 0.6 is 0 Å². The Morgan fingerprint density at radius 3 is 2.81 bits per heavy atom. The molecule has 0 bridgehead atoms. The normalized spacial score (nSPS) is 15.0. The molecule has 0 atom stereocenters. The zero-order valence-corrected chi connectivity index (χ0v) is 12.6. The molecule has 21 heavy (non-hydrogen) atoms. The maximum absolute atomic E-state index is 11.7. The maximum atomic E-state index is 11.7. The first-order valence-corrected chi connectivity index (χ1v) is 7.02. The molecular formula is C16H20O5. The number of rotatable bonds is 6. The van der Waals surface area contributed by atoms with Gasteiger partial charge in [0.25, 0.3) is 0 Å². The zero-order chi connectivity index (χ0) is 15.5. The number of carbonyl (C=O) groups is 2. The second kappa shape index (κ2) is 6.16. The van der Waals surface area contributed by atoms with Gasteiger partial charge < -0.3 is 14.2 Å². The Hall–Kier alpha value is -2.04. The van der Waals surface area contributed by atoms with E-state index in [0.29, 0.717) is 11.5 Å². The Kier molecular flexibility index (Phi) is 4.50. The van der Waals surface area contributed by atoms with Crippen molar-refractivity contribution < 1.29 is 23.8 Å². The van der Waals surface area contributed by atoms with Crippen molar-refractivity contribution in [1.29, 1.82) is 0 Å². The van der Waals surface area contributed by atoms with Crippen LogP contribution < -0.4 is 9.47 Å². The van der Waals surface area contributed by atoms with Crippen LogP contribution in [0.2, 0.25) is 0 Å². The van der Waals surface area contributed by atoms with Crippen LogP contribution in [-0.4, -0.2) is 30.6 Å². The van der Waals surface area contributed by atoms with Crippen molar-refractivity contribution in [1.82, 2.24) is 0 Å². The number of hydrogen-bond acceptors (Lipinski definition) is 5. The predicted molar refractivity (Wildman–Crippen MR) is 76.6 cm³/mol. The summed E-state index contributed by atoms with van der Waals surface area (Å²) in [5.74, 6) is 0.381. The first kappa shape index (κ1) is 15.4. The van der Waals surface area contributed by atoms with Gasteiger partial charge in [0, 0.05) is 12.0 Å². The average Bonchev–Trinajstić information content (AvgIpc) is 2.70. The lowest BCUT2D eigenvalue weighted by atomic mass is 10.0. The minimum atomic E-state index is -0.526. The van der Waals surface area contributed by atoms with Gasteiger partial charge in [0.15, 0.2) is 17.3 Å². The average molecular weight is 292 g/mol. The van der Waals surface area contributed by atoms with E-state index in [1.807, 2.05) is 26.0 Å². The molecule has 5 heteroatoms. The van der Waals surface area contributed by atoms with Gasteiger partial charge in [-0.2, -0.15) is 0 Å². The fourth-order valence-electron chi connectivity index (χ4n) is 2.28. The quantitative estimate of drug-likeness (QED) is 0.594. The molecule has 0 radical (unpaired) electrons. The summed E-state index contributed by atoms with van der Waals surface area (Å²) in [7, 11) is 0. The summed E-state index contributed by atoms with van der Waals surface area (Å²) in [6.45, 7) is 5.80. The number of hydrogen-bond donors (Lipinski definition) is 0. The number of esters is 1. The number of benzene rings is 1. The summed E-state index contributed by atoms with van der Waals surface area (Å²) in [6, 6.07) is 5.62. The van der Waals surface area contributed by atoms with Gasteiger partial charge in [0.1, 0.15) is 18.6 Å². The first-order chi connectivity index (χ1) is 9.91. The summed E-state index contributed by atoms with van der Waals surface area (Å²) in [6.07, 6.45) is 0.533. The highest BCUT2D eigenvalue weighted by molar-refractivity contribution is 5.96. The Balaban J connectivity index is 1.95. The molecule has 0 amide bonds. The molecule has 0 aliphatic carbocycles. The van der Waals surface area contributed by atoms with E-state index in [1.54, 1.807) is 13.0 Å². The molecule has 0 saturated carbocycles. The summed E-state index contributed by atoms with van der Waals surface area (Å²) >= 11 is 0. The van der Waals surface area contributed by atoms with Gasteiger partial charge in [-0.25, -0.2) is 0 Å². The van der Waals surface area contributed by atoms with Crippen molar-refractivity contribution in [2.24, 2.45) is 0 Å². The molecule has 1 aromatic carbocycles. The third-order valence-corrected chi connectivity index (χ3v) is 3.09. The molecule has 1 aromatic rings. The molecule has 114 valence electrons. The van der Waals surface area contributed by atoms with Crippen LogP contribution in [-0.2, 0) is 20.7 Å². The lowest BCUT2D eigenvalue weighted by molar-refractivity contribution is -0.145. The second-order valence-corrected chi connectivity index (χ2v) is 5.59. The lowest BCUT2D eigenvalue weighted by Crippen LogP contribution is -2.25. The van der Waals surface area contributed by atoms with Crippen LogP contribution in [0.5, 0.6) is 11.5 Å². The smallest absolute Gasteiger partial charge is 0.313 e. The van der Waals surface area contributed by atoms with E-state index in [1.165, 1.54) is 0 Å². The van der Waals surface area contributed by atoms with Gasteiger partial charge in [0.2, 0.25) is 0 Å². The van der Waals surface area contributed by atoms with Gasteiger partial charge in [0.05, 0.1) is 6.61 Å². The van der Waals surface area contributed by atoms with Gasteiger partial charge >= 0.3 is 5.97 Å². The van der Waals surface area contributed by atoms with Crippen LogP contribution in [0.25, 0.3) is 0 Å². The number of fused-ring (bicyclic) bond motifs is 1. The fourth-order valence-corrected chi connectivity index (χ4v) is 2.28. The number of ketones is 1. The van der Waals surface area contributed by atoms with E-state index >= 15 is 0 Å². The van der Waals surface area contributed by atoms with E-state index in [-0.39, 0.29) is 31.0 Å². The van der Waals surface area contributed by atoms with Crippen LogP contribution in [0.4, 0.5) is 0 Å². The number of para-hydroxylation sites is 1. The van der Waals surface area contributed by atoms with Crippen molar-refractivity contribution >= 4 is 11.8 Å². The summed E-state index contributed by atoms with van der Waals surface area (Å²) < 4.78 is 16.1. The molecule has 1 heterocycles. The number of ether oxygens (including phenoxy) is 3.